The molecule has 8 heteroatoms. The first-order valence-corrected chi connectivity index (χ1v) is 7.69. The Labute approximate surface area is 117 Å². The molecule has 0 aliphatic rings. The first-order chi connectivity index (χ1) is 9.62. The largest absolute Gasteiger partial charge is 0.378 e. The SMILES string of the molecule is CCCNS(=O)(=O)c1ccc(NCc2ncon2)cc1. The van der Waals surface area contributed by atoms with Crippen LogP contribution < -0.4 is 10.0 Å². The second kappa shape index (κ2) is 6.49. The fourth-order valence-electron chi connectivity index (χ4n) is 1.52. The highest BCUT2D eigenvalue weighted by Gasteiger charge is 2.12. The lowest BCUT2D eigenvalue weighted by Crippen LogP contribution is -2.24. The molecule has 0 saturated carbocycles. The Morgan fingerprint density at radius 1 is 1.25 bits per heavy atom. The van der Waals surface area contributed by atoms with Crippen molar-refractivity contribution in [1.29, 1.82) is 0 Å². The lowest BCUT2D eigenvalue weighted by atomic mass is 10.3. The van der Waals surface area contributed by atoms with E-state index < -0.39 is 10.0 Å². The maximum atomic E-state index is 11.9. The molecule has 2 rings (SSSR count). The zero-order chi connectivity index (χ0) is 14.4. The Hall–Kier alpha value is -1.93. The third-order valence-corrected chi connectivity index (χ3v) is 4.04. The van der Waals surface area contributed by atoms with Crippen molar-refractivity contribution in [1.82, 2.24) is 14.9 Å². The summed E-state index contributed by atoms with van der Waals surface area (Å²) in [5.41, 5.74) is 0.782. The number of benzene rings is 1. The van der Waals surface area contributed by atoms with Gasteiger partial charge >= 0.3 is 0 Å². The first-order valence-electron chi connectivity index (χ1n) is 6.20. The molecular formula is C12H16N4O3S. The Kier molecular flexibility index (Phi) is 4.70. The van der Waals surface area contributed by atoms with Gasteiger partial charge in [-0.25, -0.2) is 13.1 Å². The quantitative estimate of drug-likeness (QED) is 0.801. The second-order valence-electron chi connectivity index (χ2n) is 4.12. The highest BCUT2D eigenvalue weighted by Crippen LogP contribution is 2.14. The van der Waals surface area contributed by atoms with Crippen LogP contribution in [0, 0.1) is 0 Å². The molecule has 7 nitrogen and oxygen atoms in total. The van der Waals surface area contributed by atoms with Crippen molar-refractivity contribution in [3.8, 4) is 0 Å². The van der Waals surface area contributed by atoms with Gasteiger partial charge in [-0.2, -0.15) is 4.98 Å². The number of nitrogens with one attached hydrogen (secondary N) is 2. The van der Waals surface area contributed by atoms with E-state index in [9.17, 15) is 8.42 Å². The fourth-order valence-corrected chi connectivity index (χ4v) is 2.66. The van der Waals surface area contributed by atoms with E-state index in [2.05, 4.69) is 24.7 Å². The molecule has 0 fully saturated rings. The van der Waals surface area contributed by atoms with Crippen molar-refractivity contribution in [3.05, 3.63) is 36.5 Å². The number of nitrogens with zero attached hydrogens (tertiary/aromatic N) is 2. The third-order valence-electron chi connectivity index (χ3n) is 2.56. The number of rotatable bonds is 7. The number of sulfonamides is 1. The third kappa shape index (κ3) is 3.78. The van der Waals surface area contributed by atoms with Crippen LogP contribution in [-0.2, 0) is 16.6 Å². The van der Waals surface area contributed by atoms with Gasteiger partial charge in [0.15, 0.2) is 5.82 Å². The molecule has 1 aromatic heterocycles. The zero-order valence-electron chi connectivity index (χ0n) is 11.0. The average molecular weight is 296 g/mol. The standard InChI is InChI=1S/C12H16N4O3S/c1-2-7-15-20(17,18)11-5-3-10(4-6-11)13-8-12-14-9-19-16-12/h3-6,9,13,15H,2,7-8H2,1H3. The molecule has 0 atom stereocenters. The molecule has 0 aliphatic carbocycles. The van der Waals surface area contributed by atoms with Crippen molar-refractivity contribution in [2.24, 2.45) is 0 Å². The molecule has 0 saturated heterocycles. The molecule has 20 heavy (non-hydrogen) atoms. The molecule has 0 spiro atoms. The lowest BCUT2D eigenvalue weighted by Gasteiger charge is -2.07. The van der Waals surface area contributed by atoms with Crippen LogP contribution >= 0.6 is 0 Å². The predicted octanol–water partition coefficient (Wildman–Crippen LogP) is 1.37. The van der Waals surface area contributed by atoms with Crippen molar-refractivity contribution in [2.45, 2.75) is 24.8 Å². The van der Waals surface area contributed by atoms with Crippen LogP contribution in [0.5, 0.6) is 0 Å². The van der Waals surface area contributed by atoms with Crippen molar-refractivity contribution < 1.29 is 12.9 Å². The second-order valence-corrected chi connectivity index (χ2v) is 5.89. The van der Waals surface area contributed by atoms with Gasteiger partial charge in [-0.3, -0.25) is 0 Å². The number of hydrogen-bond donors (Lipinski definition) is 2. The zero-order valence-corrected chi connectivity index (χ0v) is 11.9. The van der Waals surface area contributed by atoms with Crippen molar-refractivity contribution >= 4 is 15.7 Å². The summed E-state index contributed by atoms with van der Waals surface area (Å²) in [6.45, 7) is 2.75. The molecule has 0 amide bonds. The smallest absolute Gasteiger partial charge is 0.240 e. The van der Waals surface area contributed by atoms with Crippen LogP contribution in [0.2, 0.25) is 0 Å². The van der Waals surface area contributed by atoms with E-state index in [-0.39, 0.29) is 4.90 Å². The van der Waals surface area contributed by atoms with E-state index in [4.69, 9.17) is 0 Å². The first kappa shape index (κ1) is 14.5. The van der Waals surface area contributed by atoms with Crippen molar-refractivity contribution in [3.63, 3.8) is 0 Å². The van der Waals surface area contributed by atoms with E-state index in [1.807, 2.05) is 6.92 Å². The van der Waals surface area contributed by atoms with E-state index >= 15 is 0 Å². The van der Waals surface area contributed by atoms with Gasteiger partial charge in [-0.15, -0.1) is 0 Å². The lowest BCUT2D eigenvalue weighted by molar-refractivity contribution is 0.411. The number of aromatic nitrogens is 2. The molecule has 1 aromatic carbocycles. The Morgan fingerprint density at radius 3 is 2.60 bits per heavy atom. The normalized spacial score (nSPS) is 11.4. The molecule has 0 bridgehead atoms. The van der Waals surface area contributed by atoms with Crippen LogP contribution in [0.3, 0.4) is 0 Å². The van der Waals surface area contributed by atoms with Crippen LogP contribution in [0.25, 0.3) is 0 Å². The summed E-state index contributed by atoms with van der Waals surface area (Å²) in [6.07, 6.45) is 2.01. The molecule has 0 aliphatic heterocycles. The van der Waals surface area contributed by atoms with Gasteiger partial charge in [-0.05, 0) is 30.7 Å². The predicted molar refractivity (Wildman–Crippen MR) is 73.5 cm³/mol. The van der Waals surface area contributed by atoms with Crippen LogP contribution in [-0.4, -0.2) is 25.1 Å². The van der Waals surface area contributed by atoms with Crippen LogP contribution in [0.4, 0.5) is 5.69 Å². The maximum absolute atomic E-state index is 11.9. The summed E-state index contributed by atoms with van der Waals surface area (Å²) in [7, 11) is -3.41. The van der Waals surface area contributed by atoms with E-state index in [1.54, 1.807) is 24.3 Å². The highest BCUT2D eigenvalue weighted by atomic mass is 32.2. The van der Waals surface area contributed by atoms with Crippen LogP contribution in [0.15, 0.2) is 40.1 Å². The molecule has 2 aromatic rings. The highest BCUT2D eigenvalue weighted by molar-refractivity contribution is 7.89. The summed E-state index contributed by atoms with van der Waals surface area (Å²) in [5.74, 6) is 0.534. The maximum Gasteiger partial charge on any atom is 0.240 e. The van der Waals surface area contributed by atoms with E-state index in [1.165, 1.54) is 6.39 Å². The monoisotopic (exact) mass is 296 g/mol. The Bertz CT molecular complexity index is 623. The number of anilines is 1. The van der Waals surface area contributed by atoms with Gasteiger partial charge < -0.3 is 9.84 Å². The summed E-state index contributed by atoms with van der Waals surface area (Å²) in [6, 6.07) is 6.49. The van der Waals surface area contributed by atoms with Gasteiger partial charge in [0, 0.05) is 12.2 Å². The van der Waals surface area contributed by atoms with Gasteiger partial charge in [0.2, 0.25) is 16.4 Å². The summed E-state index contributed by atoms with van der Waals surface area (Å²) in [5, 5.41) is 6.74. The minimum atomic E-state index is -3.41. The Balaban J connectivity index is 1.99. The van der Waals surface area contributed by atoms with Gasteiger partial charge in [0.25, 0.3) is 0 Å². The minimum absolute atomic E-state index is 0.246. The van der Waals surface area contributed by atoms with Gasteiger partial charge in [0.05, 0.1) is 11.4 Å². The van der Waals surface area contributed by atoms with Gasteiger partial charge in [0.1, 0.15) is 0 Å². The fraction of sp³-hybridized carbons (Fsp3) is 0.333. The molecule has 1 heterocycles. The summed E-state index contributed by atoms with van der Waals surface area (Å²) < 4.78 is 30.9. The van der Waals surface area contributed by atoms with Crippen molar-refractivity contribution in [2.75, 3.05) is 11.9 Å². The molecule has 108 valence electrons. The summed E-state index contributed by atoms with van der Waals surface area (Å²) in [4.78, 5) is 4.12. The average Bonchev–Trinajstić information content (AvgIpc) is 2.97. The van der Waals surface area contributed by atoms with Gasteiger partial charge in [-0.1, -0.05) is 12.1 Å². The van der Waals surface area contributed by atoms with E-state index in [0.29, 0.717) is 18.9 Å². The minimum Gasteiger partial charge on any atom is -0.378 e. The van der Waals surface area contributed by atoms with Crippen LogP contribution in [0.1, 0.15) is 19.2 Å². The van der Waals surface area contributed by atoms with E-state index in [0.717, 1.165) is 12.1 Å². The molecule has 0 unspecified atom stereocenters. The molecular weight excluding hydrogens is 280 g/mol. The summed E-state index contributed by atoms with van der Waals surface area (Å²) >= 11 is 0. The molecule has 0 radical (unpaired) electrons. The number of hydrogen-bond acceptors (Lipinski definition) is 6. The molecule has 2 N–H and O–H groups in total. The topological polar surface area (TPSA) is 97.1 Å². The Morgan fingerprint density at radius 2 is 2.00 bits per heavy atom.